The summed E-state index contributed by atoms with van der Waals surface area (Å²) in [5.74, 6) is 0.152. The zero-order valence-corrected chi connectivity index (χ0v) is 15.7. The van der Waals surface area contributed by atoms with E-state index in [0.717, 1.165) is 19.4 Å². The van der Waals surface area contributed by atoms with Crippen LogP contribution in [0.5, 0.6) is 0 Å². The lowest BCUT2D eigenvalue weighted by molar-refractivity contribution is 0.0816. The van der Waals surface area contributed by atoms with Crippen LogP contribution in [0.1, 0.15) is 57.8 Å². The highest BCUT2D eigenvalue weighted by molar-refractivity contribution is 6.42. The molecular formula is C18H27Cl2NO. The summed E-state index contributed by atoms with van der Waals surface area (Å²) in [6.07, 6.45) is 1.87. The SMILES string of the molecule is CCC[C@H](CN(C(C)C)C(C)C)C(=O)c1ccc(Cl)c(Cl)c1. The van der Waals surface area contributed by atoms with Crippen LogP contribution in [-0.4, -0.2) is 29.3 Å². The van der Waals surface area contributed by atoms with Crippen LogP contribution in [0.2, 0.25) is 10.0 Å². The summed E-state index contributed by atoms with van der Waals surface area (Å²) in [4.78, 5) is 15.2. The molecule has 0 bridgehead atoms. The van der Waals surface area contributed by atoms with Crippen LogP contribution in [0.15, 0.2) is 18.2 Å². The second kappa shape index (κ2) is 8.90. The number of carbonyl (C=O) groups is 1. The first-order valence-corrected chi connectivity index (χ1v) is 8.78. The van der Waals surface area contributed by atoms with Gasteiger partial charge in [-0.05, 0) is 52.3 Å². The second-order valence-corrected chi connectivity index (χ2v) is 7.18. The van der Waals surface area contributed by atoms with Gasteiger partial charge in [0.25, 0.3) is 0 Å². The fourth-order valence-electron chi connectivity index (χ4n) is 2.81. The highest BCUT2D eigenvalue weighted by atomic mass is 35.5. The van der Waals surface area contributed by atoms with Crippen LogP contribution in [0.25, 0.3) is 0 Å². The molecule has 0 aromatic heterocycles. The molecule has 0 aliphatic carbocycles. The Kier molecular flexibility index (Phi) is 7.88. The van der Waals surface area contributed by atoms with Crippen LogP contribution in [0.3, 0.4) is 0 Å². The van der Waals surface area contributed by atoms with Crippen molar-refractivity contribution >= 4 is 29.0 Å². The number of nitrogens with zero attached hydrogens (tertiary/aromatic N) is 1. The van der Waals surface area contributed by atoms with Crippen molar-refractivity contribution in [2.24, 2.45) is 5.92 Å². The molecule has 2 nitrogen and oxygen atoms in total. The summed E-state index contributed by atoms with van der Waals surface area (Å²) in [6, 6.07) is 5.99. The summed E-state index contributed by atoms with van der Waals surface area (Å²) in [6.45, 7) is 11.6. The molecule has 0 aliphatic rings. The average molecular weight is 344 g/mol. The van der Waals surface area contributed by atoms with Gasteiger partial charge in [0.15, 0.2) is 5.78 Å². The van der Waals surface area contributed by atoms with Crippen LogP contribution in [0, 0.1) is 5.92 Å². The largest absolute Gasteiger partial charge is 0.298 e. The van der Waals surface area contributed by atoms with Gasteiger partial charge in [-0.2, -0.15) is 0 Å². The molecule has 0 amide bonds. The van der Waals surface area contributed by atoms with E-state index < -0.39 is 0 Å². The van der Waals surface area contributed by atoms with Crippen molar-refractivity contribution in [3.63, 3.8) is 0 Å². The molecule has 0 saturated heterocycles. The molecule has 1 aromatic rings. The third-order valence-corrected chi connectivity index (χ3v) is 4.71. The minimum absolute atomic E-state index is 0.00737. The van der Waals surface area contributed by atoms with E-state index in [4.69, 9.17) is 23.2 Å². The van der Waals surface area contributed by atoms with E-state index in [1.807, 2.05) is 0 Å². The van der Waals surface area contributed by atoms with Gasteiger partial charge in [-0.15, -0.1) is 0 Å². The molecule has 1 rings (SSSR count). The van der Waals surface area contributed by atoms with Gasteiger partial charge in [-0.3, -0.25) is 9.69 Å². The fourth-order valence-corrected chi connectivity index (χ4v) is 3.11. The van der Waals surface area contributed by atoms with Gasteiger partial charge in [-0.25, -0.2) is 0 Å². The van der Waals surface area contributed by atoms with Gasteiger partial charge in [0.05, 0.1) is 10.0 Å². The maximum absolute atomic E-state index is 12.9. The zero-order valence-electron chi connectivity index (χ0n) is 14.2. The molecule has 22 heavy (non-hydrogen) atoms. The lowest BCUT2D eigenvalue weighted by Gasteiger charge is -2.33. The van der Waals surface area contributed by atoms with E-state index >= 15 is 0 Å². The Morgan fingerprint density at radius 1 is 1.09 bits per heavy atom. The monoisotopic (exact) mass is 343 g/mol. The van der Waals surface area contributed by atoms with Gasteiger partial charge in [0.2, 0.25) is 0 Å². The van der Waals surface area contributed by atoms with Crippen molar-refractivity contribution < 1.29 is 4.79 Å². The van der Waals surface area contributed by atoms with Crippen molar-refractivity contribution in [1.29, 1.82) is 0 Å². The number of hydrogen-bond donors (Lipinski definition) is 0. The van der Waals surface area contributed by atoms with E-state index in [0.29, 0.717) is 27.7 Å². The van der Waals surface area contributed by atoms with E-state index in [1.165, 1.54) is 0 Å². The number of hydrogen-bond acceptors (Lipinski definition) is 2. The van der Waals surface area contributed by atoms with Gasteiger partial charge < -0.3 is 0 Å². The van der Waals surface area contributed by atoms with E-state index in [2.05, 4.69) is 39.5 Å². The highest BCUT2D eigenvalue weighted by Gasteiger charge is 2.25. The molecule has 0 spiro atoms. The Hall–Kier alpha value is -0.570. The molecule has 0 heterocycles. The number of benzene rings is 1. The first-order valence-electron chi connectivity index (χ1n) is 8.02. The average Bonchev–Trinajstić information content (AvgIpc) is 2.44. The van der Waals surface area contributed by atoms with Crippen molar-refractivity contribution in [2.75, 3.05) is 6.54 Å². The van der Waals surface area contributed by atoms with E-state index in [1.54, 1.807) is 18.2 Å². The standard InChI is InChI=1S/C18H27Cl2NO/c1-6-7-15(11-21(12(2)3)13(4)5)18(22)14-8-9-16(19)17(20)10-14/h8-10,12-13,15H,6-7,11H2,1-5H3/t15-/m1/s1. The topological polar surface area (TPSA) is 20.3 Å². The molecule has 1 atom stereocenters. The smallest absolute Gasteiger partial charge is 0.167 e. The first kappa shape index (κ1) is 19.5. The normalized spacial score (nSPS) is 13.2. The van der Waals surface area contributed by atoms with Gasteiger partial charge in [0.1, 0.15) is 0 Å². The third kappa shape index (κ3) is 5.26. The number of Topliss-reactive ketones (excluding diaryl/α,β-unsaturated/α-hetero) is 1. The molecule has 0 N–H and O–H groups in total. The van der Waals surface area contributed by atoms with Crippen LogP contribution >= 0.6 is 23.2 Å². The molecule has 0 radical (unpaired) electrons. The van der Waals surface area contributed by atoms with E-state index in [-0.39, 0.29) is 11.7 Å². The van der Waals surface area contributed by atoms with Crippen molar-refractivity contribution in [1.82, 2.24) is 4.90 Å². The molecule has 4 heteroatoms. The number of rotatable bonds is 8. The summed E-state index contributed by atoms with van der Waals surface area (Å²) in [5.41, 5.74) is 0.653. The minimum Gasteiger partial charge on any atom is -0.298 e. The molecular weight excluding hydrogens is 317 g/mol. The molecule has 0 aliphatic heterocycles. The lowest BCUT2D eigenvalue weighted by atomic mass is 9.92. The number of carbonyl (C=O) groups excluding carboxylic acids is 1. The highest BCUT2D eigenvalue weighted by Crippen LogP contribution is 2.25. The molecule has 0 fully saturated rings. The third-order valence-electron chi connectivity index (χ3n) is 3.97. The summed E-state index contributed by atoms with van der Waals surface area (Å²) in [5, 5.41) is 0.920. The fraction of sp³-hybridized carbons (Fsp3) is 0.611. The molecule has 1 aromatic carbocycles. The zero-order chi connectivity index (χ0) is 16.9. The van der Waals surface area contributed by atoms with Crippen molar-refractivity contribution in [3.8, 4) is 0 Å². The summed E-state index contributed by atoms with van der Waals surface area (Å²) in [7, 11) is 0. The Morgan fingerprint density at radius 2 is 1.68 bits per heavy atom. The maximum Gasteiger partial charge on any atom is 0.167 e. The maximum atomic E-state index is 12.9. The molecule has 0 unspecified atom stereocenters. The predicted molar refractivity (Wildman–Crippen MR) is 96.2 cm³/mol. The Morgan fingerprint density at radius 3 is 2.14 bits per heavy atom. The molecule has 0 saturated carbocycles. The predicted octanol–water partition coefficient (Wildman–Crippen LogP) is 5.71. The van der Waals surface area contributed by atoms with Gasteiger partial charge >= 0.3 is 0 Å². The van der Waals surface area contributed by atoms with Gasteiger partial charge in [-0.1, -0.05) is 36.5 Å². The van der Waals surface area contributed by atoms with Crippen LogP contribution in [-0.2, 0) is 0 Å². The Bertz CT molecular complexity index is 492. The van der Waals surface area contributed by atoms with Crippen molar-refractivity contribution in [3.05, 3.63) is 33.8 Å². The van der Waals surface area contributed by atoms with Gasteiger partial charge in [0, 0.05) is 30.1 Å². The molecule has 124 valence electrons. The number of ketones is 1. The number of halogens is 2. The van der Waals surface area contributed by atoms with Crippen LogP contribution < -0.4 is 0 Å². The lowest BCUT2D eigenvalue weighted by Crippen LogP contribution is -2.42. The minimum atomic E-state index is -0.00737. The summed E-state index contributed by atoms with van der Waals surface area (Å²) >= 11 is 12.0. The van der Waals surface area contributed by atoms with E-state index in [9.17, 15) is 4.79 Å². The second-order valence-electron chi connectivity index (χ2n) is 6.36. The quantitative estimate of drug-likeness (QED) is 0.563. The summed E-state index contributed by atoms with van der Waals surface area (Å²) < 4.78 is 0. The Balaban J connectivity index is 2.98. The van der Waals surface area contributed by atoms with Crippen molar-refractivity contribution in [2.45, 2.75) is 59.5 Å². The Labute approximate surface area is 144 Å². The first-order chi connectivity index (χ1) is 10.3. The van der Waals surface area contributed by atoms with Crippen LogP contribution in [0.4, 0.5) is 0 Å².